The number of ether oxygens (including phenoxy) is 2. The summed E-state index contributed by atoms with van der Waals surface area (Å²) < 4.78 is 11.5. The molecule has 1 unspecified atom stereocenters. The molecule has 0 saturated carbocycles. The average molecular weight is 256 g/mol. The van der Waals surface area contributed by atoms with Gasteiger partial charge in [0.2, 0.25) is 0 Å². The molecule has 0 bridgehead atoms. The number of pyridine rings is 1. The van der Waals surface area contributed by atoms with Crippen LogP contribution in [0.25, 0.3) is 11.3 Å². The van der Waals surface area contributed by atoms with E-state index < -0.39 is 0 Å². The fraction of sp³-hybridized carbons (Fsp3) is 0.267. The number of benzene rings is 1. The van der Waals surface area contributed by atoms with E-state index in [-0.39, 0.29) is 0 Å². The number of aromatic nitrogens is 1. The molecule has 19 heavy (non-hydrogen) atoms. The summed E-state index contributed by atoms with van der Waals surface area (Å²) in [5, 5.41) is 0. The SMILES string of the molecule is CC1COc2ccc(-c3cc(N)ccn3)cc2OC1. The van der Waals surface area contributed by atoms with E-state index in [0.29, 0.717) is 24.8 Å². The van der Waals surface area contributed by atoms with Gasteiger partial charge < -0.3 is 15.2 Å². The highest BCUT2D eigenvalue weighted by Crippen LogP contribution is 2.34. The molecular weight excluding hydrogens is 240 g/mol. The highest BCUT2D eigenvalue weighted by Gasteiger charge is 2.15. The van der Waals surface area contributed by atoms with Gasteiger partial charge in [0.25, 0.3) is 0 Å². The maximum atomic E-state index is 5.78. The molecule has 0 radical (unpaired) electrons. The van der Waals surface area contributed by atoms with Gasteiger partial charge in [-0.1, -0.05) is 6.92 Å². The van der Waals surface area contributed by atoms with Crippen LogP contribution in [0.1, 0.15) is 6.92 Å². The first-order chi connectivity index (χ1) is 9.22. The lowest BCUT2D eigenvalue weighted by Crippen LogP contribution is -2.12. The monoisotopic (exact) mass is 256 g/mol. The van der Waals surface area contributed by atoms with Gasteiger partial charge in [-0.25, -0.2) is 0 Å². The second-order valence-corrected chi connectivity index (χ2v) is 4.86. The van der Waals surface area contributed by atoms with Gasteiger partial charge >= 0.3 is 0 Å². The summed E-state index contributed by atoms with van der Waals surface area (Å²) >= 11 is 0. The summed E-state index contributed by atoms with van der Waals surface area (Å²) in [4.78, 5) is 4.32. The molecule has 4 nitrogen and oxygen atoms in total. The number of hydrogen-bond donors (Lipinski definition) is 1. The van der Waals surface area contributed by atoms with Crippen LogP contribution in [0, 0.1) is 5.92 Å². The third kappa shape index (κ3) is 2.47. The quantitative estimate of drug-likeness (QED) is 0.852. The summed E-state index contributed by atoms with van der Waals surface area (Å²) in [7, 11) is 0. The molecule has 1 aliphatic heterocycles. The molecule has 0 saturated heterocycles. The van der Waals surface area contributed by atoms with Crippen LogP contribution in [-0.2, 0) is 0 Å². The summed E-state index contributed by atoms with van der Waals surface area (Å²) in [6.07, 6.45) is 1.70. The molecule has 0 aliphatic carbocycles. The summed E-state index contributed by atoms with van der Waals surface area (Å²) in [6, 6.07) is 9.47. The van der Waals surface area contributed by atoms with Gasteiger partial charge in [0, 0.05) is 23.4 Å². The van der Waals surface area contributed by atoms with Crippen LogP contribution in [0.3, 0.4) is 0 Å². The van der Waals surface area contributed by atoms with Crippen molar-refractivity contribution in [3.05, 3.63) is 36.5 Å². The van der Waals surface area contributed by atoms with Gasteiger partial charge in [-0.15, -0.1) is 0 Å². The Morgan fingerprint density at radius 3 is 2.68 bits per heavy atom. The van der Waals surface area contributed by atoms with Crippen molar-refractivity contribution in [3.63, 3.8) is 0 Å². The highest BCUT2D eigenvalue weighted by molar-refractivity contribution is 5.66. The standard InChI is InChI=1S/C15H16N2O2/c1-10-8-18-14-3-2-11(6-15(14)19-9-10)13-7-12(16)4-5-17-13/h2-7,10H,8-9H2,1H3,(H2,16,17). The van der Waals surface area contributed by atoms with Crippen molar-refractivity contribution in [1.29, 1.82) is 0 Å². The second kappa shape index (κ2) is 4.80. The first-order valence-corrected chi connectivity index (χ1v) is 6.34. The van der Waals surface area contributed by atoms with Crippen molar-refractivity contribution in [2.45, 2.75) is 6.92 Å². The number of nitrogen functional groups attached to an aromatic ring is 1. The number of rotatable bonds is 1. The number of fused-ring (bicyclic) bond motifs is 1. The van der Waals surface area contributed by atoms with Crippen molar-refractivity contribution in [2.24, 2.45) is 5.92 Å². The highest BCUT2D eigenvalue weighted by atomic mass is 16.5. The van der Waals surface area contributed by atoms with E-state index in [4.69, 9.17) is 15.2 Å². The summed E-state index contributed by atoms with van der Waals surface area (Å²) in [5.74, 6) is 1.95. The van der Waals surface area contributed by atoms with Crippen LogP contribution in [0.15, 0.2) is 36.5 Å². The maximum Gasteiger partial charge on any atom is 0.161 e. The Kier molecular flexibility index (Phi) is 2.99. The topological polar surface area (TPSA) is 57.4 Å². The molecule has 0 spiro atoms. The molecule has 98 valence electrons. The maximum absolute atomic E-state index is 5.78. The second-order valence-electron chi connectivity index (χ2n) is 4.86. The van der Waals surface area contributed by atoms with Gasteiger partial charge in [0.05, 0.1) is 18.9 Å². The molecule has 3 rings (SSSR count). The molecule has 1 aliphatic rings. The van der Waals surface area contributed by atoms with Gasteiger partial charge in [-0.3, -0.25) is 4.98 Å². The number of nitrogens with zero attached hydrogens (tertiary/aromatic N) is 1. The molecule has 1 aromatic heterocycles. The number of anilines is 1. The summed E-state index contributed by atoms with van der Waals surface area (Å²) in [5.41, 5.74) is 8.29. The lowest BCUT2D eigenvalue weighted by Gasteiger charge is -2.09. The zero-order valence-corrected chi connectivity index (χ0v) is 10.8. The lowest BCUT2D eigenvalue weighted by atomic mass is 10.1. The Morgan fingerprint density at radius 2 is 1.89 bits per heavy atom. The fourth-order valence-electron chi connectivity index (χ4n) is 2.02. The van der Waals surface area contributed by atoms with E-state index in [1.165, 1.54) is 0 Å². The predicted molar refractivity (Wildman–Crippen MR) is 74.2 cm³/mol. The Balaban J connectivity index is 1.97. The van der Waals surface area contributed by atoms with Crippen LogP contribution in [0.2, 0.25) is 0 Å². The van der Waals surface area contributed by atoms with Crippen LogP contribution in [-0.4, -0.2) is 18.2 Å². The zero-order valence-electron chi connectivity index (χ0n) is 10.8. The molecule has 2 aromatic rings. The number of hydrogen-bond acceptors (Lipinski definition) is 4. The Morgan fingerprint density at radius 1 is 1.11 bits per heavy atom. The minimum atomic E-state index is 0.390. The van der Waals surface area contributed by atoms with E-state index in [1.807, 2.05) is 24.3 Å². The van der Waals surface area contributed by atoms with Gasteiger partial charge in [-0.2, -0.15) is 0 Å². The van der Waals surface area contributed by atoms with E-state index in [1.54, 1.807) is 12.3 Å². The minimum Gasteiger partial charge on any atom is -0.489 e. The van der Waals surface area contributed by atoms with Crippen LogP contribution < -0.4 is 15.2 Å². The van der Waals surface area contributed by atoms with E-state index >= 15 is 0 Å². The van der Waals surface area contributed by atoms with Crippen molar-refractivity contribution >= 4 is 5.69 Å². The zero-order chi connectivity index (χ0) is 13.2. The Hall–Kier alpha value is -2.23. The molecule has 2 N–H and O–H groups in total. The van der Waals surface area contributed by atoms with Gasteiger partial charge in [-0.05, 0) is 30.3 Å². The van der Waals surface area contributed by atoms with E-state index in [9.17, 15) is 0 Å². The van der Waals surface area contributed by atoms with Crippen molar-refractivity contribution < 1.29 is 9.47 Å². The third-order valence-corrected chi connectivity index (χ3v) is 3.07. The Labute approximate surface area is 112 Å². The lowest BCUT2D eigenvalue weighted by molar-refractivity contribution is 0.228. The van der Waals surface area contributed by atoms with Crippen LogP contribution in [0.4, 0.5) is 5.69 Å². The van der Waals surface area contributed by atoms with Crippen molar-refractivity contribution in [1.82, 2.24) is 4.98 Å². The normalized spacial score (nSPS) is 17.8. The molecule has 1 aromatic carbocycles. The first kappa shape index (κ1) is 11.8. The molecule has 2 heterocycles. The van der Waals surface area contributed by atoms with Crippen LogP contribution >= 0.6 is 0 Å². The van der Waals surface area contributed by atoms with Crippen molar-refractivity contribution in [2.75, 3.05) is 18.9 Å². The number of nitrogens with two attached hydrogens (primary N) is 1. The first-order valence-electron chi connectivity index (χ1n) is 6.34. The van der Waals surface area contributed by atoms with E-state index in [2.05, 4.69) is 11.9 Å². The third-order valence-electron chi connectivity index (χ3n) is 3.07. The molecule has 1 atom stereocenters. The van der Waals surface area contributed by atoms with Crippen LogP contribution in [0.5, 0.6) is 11.5 Å². The largest absolute Gasteiger partial charge is 0.489 e. The minimum absolute atomic E-state index is 0.390. The van der Waals surface area contributed by atoms with Crippen molar-refractivity contribution in [3.8, 4) is 22.8 Å². The molecule has 4 heteroatoms. The summed E-state index contributed by atoms with van der Waals surface area (Å²) in [6.45, 7) is 3.45. The average Bonchev–Trinajstić information content (AvgIpc) is 2.61. The predicted octanol–water partition coefficient (Wildman–Crippen LogP) is 2.74. The van der Waals surface area contributed by atoms with Gasteiger partial charge in [0.15, 0.2) is 11.5 Å². The fourth-order valence-corrected chi connectivity index (χ4v) is 2.02. The molecular formula is C15H16N2O2. The molecule has 0 amide bonds. The van der Waals surface area contributed by atoms with Gasteiger partial charge in [0.1, 0.15) is 0 Å². The smallest absolute Gasteiger partial charge is 0.161 e. The molecule has 0 fully saturated rings. The Bertz CT molecular complexity index is 598. The van der Waals surface area contributed by atoms with E-state index in [0.717, 1.165) is 22.8 Å².